The number of ketones is 1. The first-order valence-electron chi connectivity index (χ1n) is 11.4. The number of fused-ring (bicyclic) bond motifs is 1. The molecule has 2 N–H and O–H groups in total. The van der Waals surface area contributed by atoms with Crippen LogP contribution >= 0.6 is 0 Å². The van der Waals surface area contributed by atoms with Crippen LogP contribution in [0.3, 0.4) is 0 Å². The van der Waals surface area contributed by atoms with Gasteiger partial charge in [0.15, 0.2) is 5.78 Å². The van der Waals surface area contributed by atoms with Crippen LogP contribution in [-0.2, 0) is 0 Å². The molecule has 4 aromatic rings. The average Bonchev–Trinajstić information content (AvgIpc) is 2.89. The van der Waals surface area contributed by atoms with Gasteiger partial charge in [0.05, 0.1) is 19.2 Å². The van der Waals surface area contributed by atoms with Crippen LogP contribution in [0.4, 0.5) is 11.6 Å². The standard InChI is InChI=1S/C27H27N5O2/c1-34-23-10-8-19(9-11-23)24-7-3-5-21-17-29-27(31-26(21)24)30-22-6-2-4-20(16-22)25(33)18-32-14-12-28-13-15-32/h2-11,16-17,28H,12-15,18H2,1H3,(H,29,30,31). The number of anilines is 2. The minimum atomic E-state index is 0.117. The van der Waals surface area contributed by atoms with Crippen molar-refractivity contribution in [3.05, 3.63) is 78.5 Å². The Morgan fingerprint density at radius 1 is 1.06 bits per heavy atom. The largest absolute Gasteiger partial charge is 0.497 e. The number of rotatable bonds is 7. The summed E-state index contributed by atoms with van der Waals surface area (Å²) in [6, 6.07) is 21.5. The zero-order valence-corrected chi connectivity index (χ0v) is 19.1. The van der Waals surface area contributed by atoms with E-state index >= 15 is 0 Å². The molecular formula is C27H27N5O2. The smallest absolute Gasteiger partial charge is 0.227 e. The van der Waals surface area contributed by atoms with Crippen molar-refractivity contribution >= 4 is 28.3 Å². The van der Waals surface area contributed by atoms with Crippen molar-refractivity contribution < 1.29 is 9.53 Å². The van der Waals surface area contributed by atoms with Crippen molar-refractivity contribution in [2.45, 2.75) is 0 Å². The lowest BCUT2D eigenvalue weighted by atomic mass is 10.0. The number of Topliss-reactive ketones (excluding diaryl/α,β-unsaturated/α-hetero) is 1. The number of hydrogen-bond donors (Lipinski definition) is 2. The van der Waals surface area contributed by atoms with Crippen LogP contribution in [0.15, 0.2) is 72.9 Å². The van der Waals surface area contributed by atoms with Crippen molar-refractivity contribution in [1.82, 2.24) is 20.2 Å². The van der Waals surface area contributed by atoms with Gasteiger partial charge in [0.2, 0.25) is 5.95 Å². The number of methoxy groups -OCH3 is 1. The maximum Gasteiger partial charge on any atom is 0.227 e. The Morgan fingerprint density at radius 3 is 2.65 bits per heavy atom. The van der Waals surface area contributed by atoms with E-state index in [1.807, 2.05) is 66.9 Å². The molecule has 1 aliphatic heterocycles. The van der Waals surface area contributed by atoms with Gasteiger partial charge in [-0.1, -0.05) is 42.5 Å². The Bertz CT molecular complexity index is 1300. The molecule has 0 aliphatic carbocycles. The summed E-state index contributed by atoms with van der Waals surface area (Å²) in [6.45, 7) is 4.07. The zero-order chi connectivity index (χ0) is 23.3. The third-order valence-corrected chi connectivity index (χ3v) is 6.03. The molecule has 0 unspecified atom stereocenters. The molecule has 1 aliphatic rings. The van der Waals surface area contributed by atoms with Gasteiger partial charge in [0.1, 0.15) is 5.75 Å². The molecule has 0 saturated carbocycles. The van der Waals surface area contributed by atoms with Crippen LogP contribution in [-0.4, -0.2) is 60.5 Å². The van der Waals surface area contributed by atoms with Gasteiger partial charge in [0.25, 0.3) is 0 Å². The first kappa shape index (κ1) is 22.0. The lowest BCUT2D eigenvalue weighted by molar-refractivity contribution is 0.0921. The summed E-state index contributed by atoms with van der Waals surface area (Å²) in [5.74, 6) is 1.42. The van der Waals surface area contributed by atoms with Gasteiger partial charge in [0, 0.05) is 54.6 Å². The number of hydrogen-bond acceptors (Lipinski definition) is 7. The fourth-order valence-electron chi connectivity index (χ4n) is 4.18. The Labute approximate surface area is 198 Å². The van der Waals surface area contributed by atoms with Gasteiger partial charge in [-0.25, -0.2) is 9.97 Å². The highest BCUT2D eigenvalue weighted by Gasteiger charge is 2.15. The lowest BCUT2D eigenvalue weighted by Crippen LogP contribution is -2.45. The Hall–Kier alpha value is -3.81. The van der Waals surface area contributed by atoms with E-state index in [-0.39, 0.29) is 5.78 Å². The predicted octanol–water partition coefficient (Wildman–Crippen LogP) is 4.14. The summed E-state index contributed by atoms with van der Waals surface area (Å²) in [7, 11) is 1.66. The number of para-hydroxylation sites is 1. The monoisotopic (exact) mass is 453 g/mol. The molecule has 0 atom stereocenters. The van der Waals surface area contributed by atoms with E-state index in [0.717, 1.165) is 59.6 Å². The number of carbonyl (C=O) groups excluding carboxylic acids is 1. The van der Waals surface area contributed by atoms with Crippen molar-refractivity contribution in [3.63, 3.8) is 0 Å². The molecule has 7 heteroatoms. The molecule has 172 valence electrons. The van der Waals surface area contributed by atoms with Gasteiger partial charge in [-0.3, -0.25) is 9.69 Å². The fourth-order valence-corrected chi connectivity index (χ4v) is 4.18. The van der Waals surface area contributed by atoms with Crippen molar-refractivity contribution in [1.29, 1.82) is 0 Å². The summed E-state index contributed by atoms with van der Waals surface area (Å²) < 4.78 is 5.28. The molecule has 2 heterocycles. The van der Waals surface area contributed by atoms with E-state index in [0.29, 0.717) is 18.1 Å². The van der Waals surface area contributed by atoms with Crippen molar-refractivity contribution in [2.24, 2.45) is 0 Å². The van der Waals surface area contributed by atoms with Gasteiger partial charge in [-0.2, -0.15) is 0 Å². The Kier molecular flexibility index (Phi) is 6.46. The highest BCUT2D eigenvalue weighted by molar-refractivity contribution is 5.98. The predicted molar refractivity (Wildman–Crippen MR) is 135 cm³/mol. The average molecular weight is 454 g/mol. The van der Waals surface area contributed by atoms with Crippen LogP contribution in [0.2, 0.25) is 0 Å². The maximum absolute atomic E-state index is 12.8. The molecule has 34 heavy (non-hydrogen) atoms. The van der Waals surface area contributed by atoms with Gasteiger partial charge < -0.3 is 15.4 Å². The van der Waals surface area contributed by atoms with E-state index in [1.54, 1.807) is 7.11 Å². The van der Waals surface area contributed by atoms with E-state index in [4.69, 9.17) is 9.72 Å². The Morgan fingerprint density at radius 2 is 1.85 bits per heavy atom. The normalized spacial score (nSPS) is 14.1. The maximum atomic E-state index is 12.8. The number of benzene rings is 3. The first-order chi connectivity index (χ1) is 16.7. The number of nitrogens with zero attached hydrogens (tertiary/aromatic N) is 3. The summed E-state index contributed by atoms with van der Waals surface area (Å²) in [4.78, 5) is 24.3. The summed E-state index contributed by atoms with van der Waals surface area (Å²) >= 11 is 0. The van der Waals surface area contributed by atoms with E-state index in [2.05, 4.69) is 26.6 Å². The topological polar surface area (TPSA) is 79.4 Å². The number of nitrogens with one attached hydrogen (secondary N) is 2. The molecule has 1 aromatic heterocycles. The van der Waals surface area contributed by atoms with Crippen LogP contribution in [0.5, 0.6) is 5.75 Å². The summed E-state index contributed by atoms with van der Waals surface area (Å²) in [5.41, 5.74) is 4.40. The molecule has 0 amide bonds. The molecule has 1 saturated heterocycles. The third kappa shape index (κ3) is 4.90. The molecule has 1 fully saturated rings. The van der Waals surface area contributed by atoms with Crippen LogP contribution in [0.25, 0.3) is 22.0 Å². The SMILES string of the molecule is COc1ccc(-c2cccc3cnc(Nc4cccc(C(=O)CN5CCNCC5)c4)nc23)cc1. The van der Waals surface area contributed by atoms with Gasteiger partial charge in [-0.15, -0.1) is 0 Å². The molecule has 7 nitrogen and oxygen atoms in total. The number of ether oxygens (including phenoxy) is 1. The second kappa shape index (κ2) is 9.99. The highest BCUT2D eigenvalue weighted by atomic mass is 16.5. The molecular weight excluding hydrogens is 426 g/mol. The van der Waals surface area contributed by atoms with Crippen LogP contribution < -0.4 is 15.4 Å². The molecule has 3 aromatic carbocycles. The zero-order valence-electron chi connectivity index (χ0n) is 19.1. The molecule has 0 bridgehead atoms. The van der Waals surface area contributed by atoms with E-state index < -0.39 is 0 Å². The molecule has 5 rings (SSSR count). The van der Waals surface area contributed by atoms with E-state index in [1.165, 1.54) is 0 Å². The second-order valence-electron chi connectivity index (χ2n) is 8.32. The van der Waals surface area contributed by atoms with Crippen LogP contribution in [0.1, 0.15) is 10.4 Å². The van der Waals surface area contributed by atoms with E-state index in [9.17, 15) is 4.79 Å². The number of carbonyl (C=O) groups is 1. The summed E-state index contributed by atoms with van der Waals surface area (Å²) in [5, 5.41) is 7.54. The van der Waals surface area contributed by atoms with Gasteiger partial charge in [-0.05, 0) is 29.8 Å². The third-order valence-electron chi connectivity index (χ3n) is 6.03. The Balaban J connectivity index is 1.38. The highest BCUT2D eigenvalue weighted by Crippen LogP contribution is 2.29. The lowest BCUT2D eigenvalue weighted by Gasteiger charge is -2.26. The van der Waals surface area contributed by atoms with Gasteiger partial charge >= 0.3 is 0 Å². The minimum Gasteiger partial charge on any atom is -0.497 e. The van der Waals surface area contributed by atoms with Crippen molar-refractivity contribution in [2.75, 3.05) is 45.2 Å². The molecule has 0 spiro atoms. The van der Waals surface area contributed by atoms with Crippen LogP contribution in [0, 0.1) is 0 Å². The second-order valence-corrected chi connectivity index (χ2v) is 8.32. The minimum absolute atomic E-state index is 0.117. The first-order valence-corrected chi connectivity index (χ1v) is 11.4. The molecule has 0 radical (unpaired) electrons. The number of aromatic nitrogens is 2. The van der Waals surface area contributed by atoms with Crippen molar-refractivity contribution in [3.8, 4) is 16.9 Å². The number of piperazine rings is 1. The summed E-state index contributed by atoms with van der Waals surface area (Å²) in [6.07, 6.45) is 1.82. The fraction of sp³-hybridized carbons (Fsp3) is 0.222. The quantitative estimate of drug-likeness (QED) is 0.407.